The van der Waals surface area contributed by atoms with Crippen molar-refractivity contribution in [2.75, 3.05) is 19.8 Å². The Morgan fingerprint density at radius 1 is 1.43 bits per heavy atom. The molecule has 0 saturated carbocycles. The standard InChI is InChI=1S/C9H18O5/c1-7(12)8(13)14-4-3-9(2,5-10)6-11/h7,10-12H,3-6H2,1-2H3. The van der Waals surface area contributed by atoms with E-state index in [0.29, 0.717) is 6.42 Å². The van der Waals surface area contributed by atoms with E-state index in [1.54, 1.807) is 6.92 Å². The van der Waals surface area contributed by atoms with Crippen molar-refractivity contribution in [3.05, 3.63) is 0 Å². The second-order valence-corrected chi connectivity index (χ2v) is 3.72. The maximum Gasteiger partial charge on any atom is 0.334 e. The first-order chi connectivity index (χ1) is 6.45. The first kappa shape index (κ1) is 13.4. The van der Waals surface area contributed by atoms with Crippen LogP contribution in [0.2, 0.25) is 0 Å². The number of carbonyl (C=O) groups is 1. The van der Waals surface area contributed by atoms with Crippen LogP contribution in [0.25, 0.3) is 0 Å². The third-order valence-electron chi connectivity index (χ3n) is 2.05. The molecule has 14 heavy (non-hydrogen) atoms. The zero-order chi connectivity index (χ0) is 11.2. The van der Waals surface area contributed by atoms with Gasteiger partial charge in [-0.2, -0.15) is 0 Å². The van der Waals surface area contributed by atoms with Crippen LogP contribution in [0.15, 0.2) is 0 Å². The summed E-state index contributed by atoms with van der Waals surface area (Å²) in [5.74, 6) is -0.691. The summed E-state index contributed by atoms with van der Waals surface area (Å²) in [6.45, 7) is 2.75. The minimum atomic E-state index is -1.13. The summed E-state index contributed by atoms with van der Waals surface area (Å²) >= 11 is 0. The molecule has 0 aliphatic carbocycles. The number of aliphatic hydroxyl groups is 3. The molecule has 0 saturated heterocycles. The highest BCUT2D eigenvalue weighted by Gasteiger charge is 2.23. The van der Waals surface area contributed by atoms with Crippen molar-refractivity contribution < 1.29 is 24.9 Å². The van der Waals surface area contributed by atoms with E-state index in [1.165, 1.54) is 6.92 Å². The van der Waals surface area contributed by atoms with Gasteiger partial charge in [-0.15, -0.1) is 0 Å². The number of aliphatic hydroxyl groups excluding tert-OH is 3. The molecule has 0 spiro atoms. The maximum atomic E-state index is 10.8. The van der Waals surface area contributed by atoms with E-state index in [0.717, 1.165) is 0 Å². The number of hydrogen-bond donors (Lipinski definition) is 3. The second-order valence-electron chi connectivity index (χ2n) is 3.72. The molecule has 0 aliphatic rings. The number of hydrogen-bond acceptors (Lipinski definition) is 5. The minimum absolute atomic E-state index is 0.0847. The van der Waals surface area contributed by atoms with Crippen LogP contribution in [-0.2, 0) is 9.53 Å². The lowest BCUT2D eigenvalue weighted by Crippen LogP contribution is -2.29. The van der Waals surface area contributed by atoms with Gasteiger partial charge in [-0.1, -0.05) is 6.92 Å². The molecule has 0 aromatic carbocycles. The zero-order valence-electron chi connectivity index (χ0n) is 8.56. The van der Waals surface area contributed by atoms with E-state index in [-0.39, 0.29) is 19.8 Å². The first-order valence-electron chi connectivity index (χ1n) is 4.51. The summed E-state index contributed by atoms with van der Waals surface area (Å²) < 4.78 is 4.69. The second kappa shape index (κ2) is 5.95. The molecule has 5 nitrogen and oxygen atoms in total. The topological polar surface area (TPSA) is 87.0 Å². The van der Waals surface area contributed by atoms with Crippen LogP contribution in [0, 0.1) is 5.41 Å². The van der Waals surface area contributed by atoms with Gasteiger partial charge in [-0.3, -0.25) is 0 Å². The number of carbonyl (C=O) groups excluding carboxylic acids is 1. The fraction of sp³-hybridized carbons (Fsp3) is 0.889. The van der Waals surface area contributed by atoms with Crippen molar-refractivity contribution in [3.8, 4) is 0 Å². The van der Waals surface area contributed by atoms with Crippen LogP contribution in [0.4, 0.5) is 0 Å². The molecule has 0 aromatic heterocycles. The van der Waals surface area contributed by atoms with Crippen LogP contribution < -0.4 is 0 Å². The predicted molar refractivity (Wildman–Crippen MR) is 49.5 cm³/mol. The summed E-state index contributed by atoms with van der Waals surface area (Å²) in [6, 6.07) is 0. The number of esters is 1. The van der Waals surface area contributed by atoms with Crippen molar-refractivity contribution in [1.29, 1.82) is 0 Å². The van der Waals surface area contributed by atoms with Crippen LogP contribution >= 0.6 is 0 Å². The molecule has 0 heterocycles. The molecule has 0 aliphatic heterocycles. The summed E-state index contributed by atoms with van der Waals surface area (Å²) in [4.78, 5) is 10.8. The Labute approximate surface area is 83.3 Å². The molecule has 84 valence electrons. The molecule has 0 aromatic rings. The van der Waals surface area contributed by atoms with Crippen molar-refractivity contribution in [3.63, 3.8) is 0 Å². The third kappa shape index (κ3) is 4.55. The molecule has 0 rings (SSSR count). The predicted octanol–water partition coefficient (Wildman–Crippen LogP) is -0.709. The van der Waals surface area contributed by atoms with Gasteiger partial charge < -0.3 is 20.1 Å². The van der Waals surface area contributed by atoms with Gasteiger partial charge in [0.05, 0.1) is 19.8 Å². The van der Waals surface area contributed by atoms with E-state index in [9.17, 15) is 4.79 Å². The van der Waals surface area contributed by atoms with Gasteiger partial charge in [0, 0.05) is 5.41 Å². The van der Waals surface area contributed by atoms with Gasteiger partial charge in [-0.25, -0.2) is 4.79 Å². The van der Waals surface area contributed by atoms with Gasteiger partial charge >= 0.3 is 5.97 Å². The van der Waals surface area contributed by atoms with E-state index < -0.39 is 17.5 Å². The highest BCUT2D eigenvalue weighted by atomic mass is 16.5. The van der Waals surface area contributed by atoms with E-state index in [2.05, 4.69) is 0 Å². The quantitative estimate of drug-likeness (QED) is 0.500. The number of ether oxygens (including phenoxy) is 1. The molecule has 0 radical (unpaired) electrons. The SMILES string of the molecule is CC(O)C(=O)OCCC(C)(CO)CO. The van der Waals surface area contributed by atoms with Crippen molar-refractivity contribution in [1.82, 2.24) is 0 Å². The molecular weight excluding hydrogens is 188 g/mol. The van der Waals surface area contributed by atoms with Gasteiger partial charge in [0.2, 0.25) is 0 Å². The highest BCUT2D eigenvalue weighted by Crippen LogP contribution is 2.19. The van der Waals surface area contributed by atoms with Gasteiger partial charge in [0.15, 0.2) is 0 Å². The molecule has 0 bridgehead atoms. The van der Waals surface area contributed by atoms with Crippen molar-refractivity contribution >= 4 is 5.97 Å². The Hall–Kier alpha value is -0.650. The van der Waals surface area contributed by atoms with Gasteiger partial charge in [0.25, 0.3) is 0 Å². The van der Waals surface area contributed by atoms with E-state index in [1.807, 2.05) is 0 Å². The molecule has 0 amide bonds. The van der Waals surface area contributed by atoms with Crippen molar-refractivity contribution in [2.45, 2.75) is 26.4 Å². The highest BCUT2D eigenvalue weighted by molar-refractivity contribution is 5.73. The summed E-state index contributed by atoms with van der Waals surface area (Å²) in [7, 11) is 0. The summed E-state index contributed by atoms with van der Waals surface area (Å²) in [5, 5.41) is 26.6. The largest absolute Gasteiger partial charge is 0.464 e. The molecule has 0 fully saturated rings. The van der Waals surface area contributed by atoms with Gasteiger partial charge in [-0.05, 0) is 13.3 Å². The van der Waals surface area contributed by atoms with Gasteiger partial charge in [0.1, 0.15) is 6.10 Å². The Balaban J connectivity index is 3.78. The maximum absolute atomic E-state index is 10.8. The lowest BCUT2D eigenvalue weighted by Gasteiger charge is -2.24. The molecule has 1 atom stereocenters. The number of rotatable bonds is 6. The monoisotopic (exact) mass is 206 g/mol. The Kier molecular flexibility index (Phi) is 5.68. The fourth-order valence-electron chi connectivity index (χ4n) is 0.727. The Morgan fingerprint density at radius 2 is 1.93 bits per heavy atom. The van der Waals surface area contributed by atoms with Crippen molar-refractivity contribution in [2.24, 2.45) is 5.41 Å². The minimum Gasteiger partial charge on any atom is -0.464 e. The van der Waals surface area contributed by atoms with Crippen LogP contribution in [-0.4, -0.2) is 47.2 Å². The Morgan fingerprint density at radius 3 is 2.29 bits per heavy atom. The van der Waals surface area contributed by atoms with Crippen LogP contribution in [0.3, 0.4) is 0 Å². The molecule has 3 N–H and O–H groups in total. The summed E-state index contributed by atoms with van der Waals surface area (Å²) in [6.07, 6.45) is -0.775. The normalized spacial score (nSPS) is 13.8. The smallest absolute Gasteiger partial charge is 0.334 e. The lowest BCUT2D eigenvalue weighted by molar-refractivity contribution is -0.153. The van der Waals surface area contributed by atoms with E-state index in [4.69, 9.17) is 20.1 Å². The summed E-state index contributed by atoms with van der Waals surface area (Å²) in [5.41, 5.74) is -0.640. The molecule has 1 unspecified atom stereocenters. The lowest BCUT2D eigenvalue weighted by atomic mass is 9.89. The van der Waals surface area contributed by atoms with E-state index >= 15 is 0 Å². The zero-order valence-corrected chi connectivity index (χ0v) is 8.56. The third-order valence-corrected chi connectivity index (χ3v) is 2.05. The molecule has 5 heteroatoms. The Bertz CT molecular complexity index is 174. The van der Waals surface area contributed by atoms with Crippen LogP contribution in [0.5, 0.6) is 0 Å². The molecular formula is C9H18O5. The fourth-order valence-corrected chi connectivity index (χ4v) is 0.727. The van der Waals surface area contributed by atoms with Crippen LogP contribution in [0.1, 0.15) is 20.3 Å². The average molecular weight is 206 g/mol. The first-order valence-corrected chi connectivity index (χ1v) is 4.51. The average Bonchev–Trinajstić information content (AvgIpc) is 2.17.